The molecule has 1 saturated heterocycles. The largest absolute Gasteiger partial charge is 0.495 e. The van der Waals surface area contributed by atoms with Gasteiger partial charge >= 0.3 is 12.1 Å². The molecule has 0 saturated carbocycles. The lowest BCUT2D eigenvalue weighted by Gasteiger charge is -2.16. The zero-order valence-corrected chi connectivity index (χ0v) is 23.8. The Balaban J connectivity index is 1.51. The van der Waals surface area contributed by atoms with E-state index in [2.05, 4.69) is 5.32 Å². The van der Waals surface area contributed by atoms with Crippen molar-refractivity contribution in [3.8, 4) is 11.4 Å². The van der Waals surface area contributed by atoms with Gasteiger partial charge in [-0.25, -0.2) is 4.79 Å². The molecule has 1 aromatic heterocycles. The van der Waals surface area contributed by atoms with Crippen LogP contribution in [0.25, 0.3) is 11.8 Å². The van der Waals surface area contributed by atoms with E-state index in [1.165, 1.54) is 7.11 Å². The SMILES string of the molecule is CCOC(=O)c1ccc(-n2c(C)cc(/C=C3\SC(=O)N(CC(=O)Nc4cc(C(F)(F)F)ccc4OC)C3=O)c2C)cc1. The standard InChI is InChI=1S/C29H26F3N3O6S/c1-5-41-27(38)18-6-9-21(10-7-18)35-16(2)12-19(17(35)3)13-24-26(37)34(28(39)42-24)15-25(36)33-22-14-20(29(30,31)32)8-11-23(22)40-4/h6-14H,5,15H2,1-4H3,(H,33,36)/b24-13-. The molecule has 220 valence electrons. The van der Waals surface area contributed by atoms with Crippen LogP contribution in [0.4, 0.5) is 23.7 Å². The molecule has 1 aliphatic rings. The molecule has 9 nitrogen and oxygen atoms in total. The zero-order valence-electron chi connectivity index (χ0n) is 23.0. The van der Waals surface area contributed by atoms with Gasteiger partial charge < -0.3 is 19.4 Å². The minimum Gasteiger partial charge on any atom is -0.495 e. The highest BCUT2D eigenvalue weighted by Gasteiger charge is 2.37. The number of nitrogens with zero attached hydrogens (tertiary/aromatic N) is 2. The lowest BCUT2D eigenvalue weighted by molar-refractivity contribution is -0.137. The summed E-state index contributed by atoms with van der Waals surface area (Å²) in [7, 11) is 1.23. The van der Waals surface area contributed by atoms with Crippen LogP contribution in [0.3, 0.4) is 0 Å². The number of aryl methyl sites for hydroxylation is 1. The normalized spacial score (nSPS) is 14.5. The number of amides is 3. The second-order valence-electron chi connectivity index (χ2n) is 9.16. The van der Waals surface area contributed by atoms with Crippen molar-refractivity contribution < 1.29 is 41.8 Å². The number of anilines is 1. The minimum absolute atomic E-state index is 0.0173. The molecule has 0 atom stereocenters. The quantitative estimate of drug-likeness (QED) is 0.250. The van der Waals surface area contributed by atoms with Crippen LogP contribution >= 0.6 is 11.8 Å². The fourth-order valence-corrected chi connectivity index (χ4v) is 5.21. The Morgan fingerprint density at radius 3 is 2.36 bits per heavy atom. The van der Waals surface area contributed by atoms with Gasteiger partial charge in [-0.15, -0.1) is 0 Å². The number of benzene rings is 2. The number of halogens is 3. The van der Waals surface area contributed by atoms with Crippen molar-refractivity contribution in [3.63, 3.8) is 0 Å². The molecular formula is C29H26F3N3O6S. The molecule has 0 aliphatic carbocycles. The minimum atomic E-state index is -4.65. The van der Waals surface area contributed by atoms with Crippen LogP contribution < -0.4 is 10.1 Å². The molecule has 4 rings (SSSR count). The Labute approximate surface area is 243 Å². The number of hydrogen-bond donors (Lipinski definition) is 1. The van der Waals surface area contributed by atoms with Crippen LogP contribution in [0.1, 0.15) is 39.8 Å². The zero-order chi connectivity index (χ0) is 30.8. The summed E-state index contributed by atoms with van der Waals surface area (Å²) in [5, 5.41) is 1.60. The number of rotatable bonds is 8. The second-order valence-corrected chi connectivity index (χ2v) is 10.2. The van der Waals surface area contributed by atoms with E-state index in [9.17, 15) is 32.3 Å². The molecule has 0 spiro atoms. The number of thioether (sulfide) groups is 1. The van der Waals surface area contributed by atoms with E-state index in [4.69, 9.17) is 9.47 Å². The molecule has 3 aromatic rings. The topological polar surface area (TPSA) is 107 Å². The summed E-state index contributed by atoms with van der Waals surface area (Å²) < 4.78 is 51.4. The monoisotopic (exact) mass is 601 g/mol. The first-order valence-corrected chi connectivity index (χ1v) is 13.4. The lowest BCUT2D eigenvalue weighted by atomic mass is 10.1. The molecule has 0 radical (unpaired) electrons. The van der Waals surface area contributed by atoms with Gasteiger partial charge in [-0.3, -0.25) is 19.3 Å². The van der Waals surface area contributed by atoms with E-state index in [0.717, 1.165) is 34.1 Å². The molecule has 2 aromatic carbocycles. The lowest BCUT2D eigenvalue weighted by Crippen LogP contribution is -2.36. The first-order valence-electron chi connectivity index (χ1n) is 12.6. The fourth-order valence-electron chi connectivity index (χ4n) is 4.38. The van der Waals surface area contributed by atoms with Crippen molar-refractivity contribution in [3.05, 3.63) is 81.5 Å². The molecule has 3 amide bonds. The van der Waals surface area contributed by atoms with Gasteiger partial charge in [0, 0.05) is 17.1 Å². The average molecular weight is 602 g/mol. The van der Waals surface area contributed by atoms with Gasteiger partial charge in [-0.2, -0.15) is 13.2 Å². The third-order valence-corrected chi connectivity index (χ3v) is 7.28. The van der Waals surface area contributed by atoms with Crippen molar-refractivity contribution >= 4 is 46.5 Å². The maximum Gasteiger partial charge on any atom is 0.416 e. The predicted octanol–water partition coefficient (Wildman–Crippen LogP) is 5.97. The van der Waals surface area contributed by atoms with Gasteiger partial charge in [0.05, 0.1) is 35.4 Å². The second kappa shape index (κ2) is 12.1. The van der Waals surface area contributed by atoms with E-state index >= 15 is 0 Å². The summed E-state index contributed by atoms with van der Waals surface area (Å²) in [6.07, 6.45) is -3.10. The van der Waals surface area contributed by atoms with Crippen molar-refractivity contribution in [1.29, 1.82) is 0 Å². The van der Waals surface area contributed by atoms with Gasteiger partial charge in [-0.1, -0.05) is 0 Å². The number of carbonyl (C=O) groups excluding carboxylic acids is 4. The Kier molecular flexibility index (Phi) is 8.81. The Hall–Kier alpha value is -4.52. The van der Waals surface area contributed by atoms with E-state index < -0.39 is 41.3 Å². The highest BCUT2D eigenvalue weighted by molar-refractivity contribution is 8.18. The van der Waals surface area contributed by atoms with Gasteiger partial charge in [0.25, 0.3) is 11.1 Å². The summed E-state index contributed by atoms with van der Waals surface area (Å²) in [6.45, 7) is 4.98. The molecule has 1 N–H and O–H groups in total. The van der Waals surface area contributed by atoms with Crippen LogP contribution in [0, 0.1) is 13.8 Å². The van der Waals surface area contributed by atoms with Crippen LogP contribution in [0.15, 0.2) is 53.4 Å². The summed E-state index contributed by atoms with van der Waals surface area (Å²) in [5.41, 5.74) is 2.18. The molecule has 0 unspecified atom stereocenters. The number of aromatic nitrogens is 1. The third-order valence-electron chi connectivity index (χ3n) is 6.37. The van der Waals surface area contributed by atoms with E-state index in [-0.39, 0.29) is 22.9 Å². The van der Waals surface area contributed by atoms with Crippen molar-refractivity contribution in [2.24, 2.45) is 0 Å². The number of carbonyl (C=O) groups is 4. The number of ether oxygens (including phenoxy) is 2. The fraction of sp³-hybridized carbons (Fsp3) is 0.241. The number of hydrogen-bond acceptors (Lipinski definition) is 7. The van der Waals surface area contributed by atoms with Crippen LogP contribution in [-0.4, -0.2) is 52.8 Å². The summed E-state index contributed by atoms with van der Waals surface area (Å²) >= 11 is 0.652. The van der Waals surface area contributed by atoms with E-state index in [1.54, 1.807) is 37.3 Å². The summed E-state index contributed by atoms with van der Waals surface area (Å²) in [5.74, 6) is -2.03. The number of esters is 1. The van der Waals surface area contributed by atoms with Gasteiger partial charge in [0.15, 0.2) is 0 Å². The summed E-state index contributed by atoms with van der Waals surface area (Å²) in [6, 6.07) is 11.2. The Morgan fingerprint density at radius 2 is 1.74 bits per heavy atom. The molecule has 1 aliphatic heterocycles. The van der Waals surface area contributed by atoms with E-state index in [0.29, 0.717) is 29.0 Å². The van der Waals surface area contributed by atoms with Crippen molar-refractivity contribution in [1.82, 2.24) is 9.47 Å². The van der Waals surface area contributed by atoms with Crippen LogP contribution in [0.5, 0.6) is 5.75 Å². The number of nitrogens with one attached hydrogen (secondary N) is 1. The van der Waals surface area contributed by atoms with Crippen LogP contribution in [0.2, 0.25) is 0 Å². The highest BCUT2D eigenvalue weighted by Crippen LogP contribution is 2.36. The Morgan fingerprint density at radius 1 is 1.05 bits per heavy atom. The smallest absolute Gasteiger partial charge is 0.416 e. The molecule has 1 fully saturated rings. The first-order chi connectivity index (χ1) is 19.8. The predicted molar refractivity (Wildman–Crippen MR) is 151 cm³/mol. The number of alkyl halides is 3. The van der Waals surface area contributed by atoms with Gasteiger partial charge in [0.2, 0.25) is 5.91 Å². The van der Waals surface area contributed by atoms with Gasteiger partial charge in [0.1, 0.15) is 12.3 Å². The van der Waals surface area contributed by atoms with Crippen molar-refractivity contribution in [2.75, 3.05) is 25.6 Å². The van der Waals surface area contributed by atoms with Crippen LogP contribution in [-0.2, 0) is 20.5 Å². The number of imide groups is 1. The maximum atomic E-state index is 13.1. The highest BCUT2D eigenvalue weighted by atomic mass is 32.2. The molecule has 0 bridgehead atoms. The molecule has 13 heteroatoms. The number of methoxy groups -OCH3 is 1. The average Bonchev–Trinajstić information content (AvgIpc) is 3.36. The molecule has 42 heavy (non-hydrogen) atoms. The summed E-state index contributed by atoms with van der Waals surface area (Å²) in [4.78, 5) is 51.1. The molecule has 2 heterocycles. The first kappa shape index (κ1) is 30.4. The molecular weight excluding hydrogens is 575 g/mol. The van der Waals surface area contributed by atoms with E-state index in [1.807, 2.05) is 24.5 Å². The maximum absolute atomic E-state index is 13.1. The van der Waals surface area contributed by atoms with Gasteiger partial charge in [-0.05, 0) is 92.7 Å². The third kappa shape index (κ3) is 6.35. The Bertz CT molecular complexity index is 1600. The van der Waals surface area contributed by atoms with Crippen molar-refractivity contribution in [2.45, 2.75) is 26.9 Å².